The van der Waals surface area contributed by atoms with E-state index in [4.69, 9.17) is 4.74 Å². The molecule has 0 aliphatic heterocycles. The topological polar surface area (TPSA) is 55.4 Å². The lowest BCUT2D eigenvalue weighted by atomic mass is 10.8. The van der Waals surface area contributed by atoms with E-state index in [0.29, 0.717) is 6.61 Å². The molecule has 0 spiro atoms. The first-order valence-electron chi connectivity index (χ1n) is 3.11. The zero-order chi connectivity index (χ0) is 8.04. The highest BCUT2D eigenvalue weighted by atomic mass is 32.2. The van der Waals surface area contributed by atoms with Gasteiger partial charge in [-0.1, -0.05) is 0 Å². The standard InChI is InChI=1S/C5H13NO3S/c1-3-9-4-5-10(7,8)6-2/h6H,3-5H2,1-2H3. The normalized spacial score (nSPS) is 11.8. The van der Waals surface area contributed by atoms with Crippen LogP contribution in [0.1, 0.15) is 6.92 Å². The number of hydrogen-bond acceptors (Lipinski definition) is 3. The number of ether oxygens (including phenoxy) is 1. The van der Waals surface area contributed by atoms with Crippen LogP contribution in [0.2, 0.25) is 0 Å². The lowest BCUT2D eigenvalue weighted by molar-refractivity contribution is 0.163. The lowest BCUT2D eigenvalue weighted by Gasteiger charge is -2.00. The zero-order valence-electron chi connectivity index (χ0n) is 6.25. The van der Waals surface area contributed by atoms with Gasteiger partial charge in [0.25, 0.3) is 0 Å². The van der Waals surface area contributed by atoms with Gasteiger partial charge in [0.1, 0.15) is 0 Å². The number of hydrogen-bond donors (Lipinski definition) is 1. The SMILES string of the molecule is CCOCCS(=O)(=O)NC. The predicted molar refractivity (Wildman–Crippen MR) is 39.3 cm³/mol. The third-order valence-electron chi connectivity index (χ3n) is 1.01. The summed E-state index contributed by atoms with van der Waals surface area (Å²) in [4.78, 5) is 0. The maximum atomic E-state index is 10.7. The first-order valence-corrected chi connectivity index (χ1v) is 4.76. The molecular weight excluding hydrogens is 154 g/mol. The molecule has 0 rings (SSSR count). The van der Waals surface area contributed by atoms with E-state index in [1.807, 2.05) is 6.92 Å². The van der Waals surface area contributed by atoms with Gasteiger partial charge in [-0.05, 0) is 14.0 Å². The molecule has 5 heteroatoms. The van der Waals surface area contributed by atoms with Crippen LogP contribution in [0.5, 0.6) is 0 Å². The Balaban J connectivity index is 3.49. The molecule has 0 radical (unpaired) electrons. The fraction of sp³-hybridized carbons (Fsp3) is 1.00. The minimum absolute atomic E-state index is 0.0390. The van der Waals surface area contributed by atoms with Gasteiger partial charge in [-0.25, -0.2) is 13.1 Å². The summed E-state index contributed by atoms with van der Waals surface area (Å²) < 4.78 is 28.4. The Morgan fingerprint density at radius 3 is 2.50 bits per heavy atom. The van der Waals surface area contributed by atoms with Crippen molar-refractivity contribution in [1.82, 2.24) is 4.72 Å². The van der Waals surface area contributed by atoms with Gasteiger partial charge in [0.15, 0.2) is 0 Å². The second-order valence-electron chi connectivity index (χ2n) is 1.72. The van der Waals surface area contributed by atoms with E-state index in [-0.39, 0.29) is 12.4 Å². The van der Waals surface area contributed by atoms with Gasteiger partial charge in [0, 0.05) is 6.61 Å². The Labute approximate surface area is 61.6 Å². The van der Waals surface area contributed by atoms with Gasteiger partial charge in [0.05, 0.1) is 12.4 Å². The monoisotopic (exact) mass is 167 g/mol. The smallest absolute Gasteiger partial charge is 0.213 e. The molecule has 0 heterocycles. The molecule has 0 aromatic carbocycles. The van der Waals surface area contributed by atoms with E-state index >= 15 is 0 Å². The van der Waals surface area contributed by atoms with E-state index in [0.717, 1.165) is 0 Å². The summed E-state index contributed by atoms with van der Waals surface area (Å²) >= 11 is 0. The maximum absolute atomic E-state index is 10.7. The fourth-order valence-corrected chi connectivity index (χ4v) is 0.956. The van der Waals surface area contributed by atoms with Crippen LogP contribution >= 0.6 is 0 Å². The van der Waals surface area contributed by atoms with Crippen LogP contribution < -0.4 is 4.72 Å². The van der Waals surface area contributed by atoms with Crippen molar-refractivity contribution in [3.05, 3.63) is 0 Å². The van der Waals surface area contributed by atoms with Gasteiger partial charge in [0.2, 0.25) is 10.0 Å². The molecule has 4 nitrogen and oxygen atoms in total. The average molecular weight is 167 g/mol. The summed E-state index contributed by atoms with van der Waals surface area (Å²) in [6.07, 6.45) is 0. The third kappa shape index (κ3) is 4.72. The first kappa shape index (κ1) is 9.87. The van der Waals surface area contributed by atoms with Crippen molar-refractivity contribution in [2.45, 2.75) is 6.92 Å². The Morgan fingerprint density at radius 2 is 2.10 bits per heavy atom. The Morgan fingerprint density at radius 1 is 1.50 bits per heavy atom. The molecule has 0 aliphatic rings. The van der Waals surface area contributed by atoms with Crippen molar-refractivity contribution in [1.29, 1.82) is 0 Å². The Bertz CT molecular complexity index is 164. The first-order chi connectivity index (χ1) is 4.62. The Hall–Kier alpha value is -0.130. The molecule has 0 fully saturated rings. The van der Waals surface area contributed by atoms with Crippen LogP contribution in [-0.2, 0) is 14.8 Å². The van der Waals surface area contributed by atoms with E-state index in [9.17, 15) is 8.42 Å². The van der Waals surface area contributed by atoms with E-state index in [1.165, 1.54) is 7.05 Å². The molecule has 0 unspecified atom stereocenters. The van der Waals surface area contributed by atoms with Crippen molar-refractivity contribution in [2.75, 3.05) is 26.0 Å². The minimum atomic E-state index is -3.07. The average Bonchev–Trinajstić information content (AvgIpc) is 1.89. The molecule has 1 N–H and O–H groups in total. The quantitative estimate of drug-likeness (QED) is 0.565. The second-order valence-corrected chi connectivity index (χ2v) is 3.77. The summed E-state index contributed by atoms with van der Waals surface area (Å²) in [6.45, 7) is 2.64. The van der Waals surface area contributed by atoms with Gasteiger partial charge in [-0.2, -0.15) is 0 Å². The van der Waals surface area contributed by atoms with Crippen molar-refractivity contribution in [3.8, 4) is 0 Å². The van der Waals surface area contributed by atoms with Gasteiger partial charge < -0.3 is 4.74 Å². The molecule has 0 bridgehead atoms. The molecule has 10 heavy (non-hydrogen) atoms. The molecular formula is C5H13NO3S. The van der Waals surface area contributed by atoms with Crippen LogP contribution in [0.15, 0.2) is 0 Å². The molecule has 62 valence electrons. The molecule has 0 aliphatic carbocycles. The van der Waals surface area contributed by atoms with Crippen molar-refractivity contribution >= 4 is 10.0 Å². The Kier molecular flexibility index (Phi) is 4.59. The van der Waals surface area contributed by atoms with Crippen LogP contribution in [0.25, 0.3) is 0 Å². The van der Waals surface area contributed by atoms with E-state index in [2.05, 4.69) is 4.72 Å². The predicted octanol–water partition coefficient (Wildman–Crippen LogP) is -0.428. The molecule has 0 aromatic heterocycles. The van der Waals surface area contributed by atoms with Crippen LogP contribution in [0, 0.1) is 0 Å². The van der Waals surface area contributed by atoms with Crippen molar-refractivity contribution in [3.63, 3.8) is 0 Å². The van der Waals surface area contributed by atoms with Gasteiger partial charge in [-0.3, -0.25) is 0 Å². The van der Waals surface area contributed by atoms with E-state index < -0.39 is 10.0 Å². The summed E-state index contributed by atoms with van der Waals surface area (Å²) in [7, 11) is -1.68. The number of nitrogens with one attached hydrogen (secondary N) is 1. The molecule has 0 saturated carbocycles. The molecule has 0 aromatic rings. The molecule has 0 amide bonds. The lowest BCUT2D eigenvalue weighted by Crippen LogP contribution is -2.24. The van der Waals surface area contributed by atoms with Crippen molar-refractivity contribution in [2.24, 2.45) is 0 Å². The second kappa shape index (κ2) is 4.65. The number of rotatable bonds is 5. The minimum Gasteiger partial charge on any atom is -0.381 e. The molecule has 0 atom stereocenters. The summed E-state index contributed by atoms with van der Waals surface area (Å²) in [5.41, 5.74) is 0. The van der Waals surface area contributed by atoms with Crippen LogP contribution in [0.3, 0.4) is 0 Å². The highest BCUT2D eigenvalue weighted by Crippen LogP contribution is 1.82. The summed E-state index contributed by atoms with van der Waals surface area (Å²) in [5.74, 6) is 0.0390. The highest BCUT2D eigenvalue weighted by Gasteiger charge is 2.04. The van der Waals surface area contributed by atoms with Crippen LogP contribution in [0.4, 0.5) is 0 Å². The maximum Gasteiger partial charge on any atom is 0.213 e. The fourth-order valence-electron chi connectivity index (χ4n) is 0.415. The van der Waals surface area contributed by atoms with Gasteiger partial charge in [-0.15, -0.1) is 0 Å². The zero-order valence-corrected chi connectivity index (χ0v) is 7.07. The van der Waals surface area contributed by atoms with Gasteiger partial charge >= 0.3 is 0 Å². The molecule has 0 saturated heterocycles. The third-order valence-corrected chi connectivity index (χ3v) is 2.34. The van der Waals surface area contributed by atoms with E-state index in [1.54, 1.807) is 0 Å². The largest absolute Gasteiger partial charge is 0.381 e. The summed E-state index contributed by atoms with van der Waals surface area (Å²) in [6, 6.07) is 0. The van der Waals surface area contributed by atoms with Crippen molar-refractivity contribution < 1.29 is 13.2 Å². The summed E-state index contributed by atoms with van der Waals surface area (Å²) in [5, 5.41) is 0. The number of sulfonamides is 1. The highest BCUT2D eigenvalue weighted by molar-refractivity contribution is 7.89. The van der Waals surface area contributed by atoms with Crippen LogP contribution in [-0.4, -0.2) is 34.4 Å².